The van der Waals surface area contributed by atoms with Crippen LogP contribution >= 0.6 is 11.3 Å². The Morgan fingerprint density at radius 2 is 2.41 bits per heavy atom. The molecule has 0 bridgehead atoms. The maximum atomic E-state index is 11.4. The molecular weight excluding hydrogens is 240 g/mol. The smallest absolute Gasteiger partial charge is 0.311 e. The van der Waals surface area contributed by atoms with Gasteiger partial charge in [-0.3, -0.25) is 9.20 Å². The van der Waals surface area contributed by atoms with E-state index in [9.17, 15) is 4.79 Å². The summed E-state index contributed by atoms with van der Waals surface area (Å²) in [5, 5.41) is 1.93. The molecule has 92 valence electrons. The van der Waals surface area contributed by atoms with E-state index in [-0.39, 0.29) is 12.4 Å². The topological polar surface area (TPSA) is 52.8 Å². The number of nitrogens with zero attached hydrogens (tertiary/aromatic N) is 2. The number of imidazole rings is 1. The third kappa shape index (κ3) is 2.65. The molecule has 0 aliphatic rings. The van der Waals surface area contributed by atoms with Crippen LogP contribution in [0.15, 0.2) is 11.6 Å². The monoisotopic (exact) mass is 254 g/mol. The Morgan fingerprint density at radius 3 is 3.12 bits per heavy atom. The van der Waals surface area contributed by atoms with Crippen molar-refractivity contribution in [3.05, 3.63) is 23.0 Å². The molecular formula is C11H14N2O3S. The van der Waals surface area contributed by atoms with Gasteiger partial charge in [-0.05, 0) is 6.92 Å². The first-order valence-electron chi connectivity index (χ1n) is 5.33. The van der Waals surface area contributed by atoms with Crippen LogP contribution < -0.4 is 0 Å². The lowest BCUT2D eigenvalue weighted by atomic mass is 10.3. The van der Waals surface area contributed by atoms with Crippen LogP contribution in [0, 0.1) is 0 Å². The number of hydrogen-bond donors (Lipinski definition) is 0. The van der Waals surface area contributed by atoms with Crippen LogP contribution in [0.3, 0.4) is 0 Å². The van der Waals surface area contributed by atoms with E-state index in [4.69, 9.17) is 9.47 Å². The third-order valence-corrected chi connectivity index (χ3v) is 3.14. The molecule has 0 saturated heterocycles. The SMILES string of the molecule is CCOC(=O)Cc1csc2nc(COC)cn12. The van der Waals surface area contributed by atoms with Crippen molar-refractivity contribution in [2.75, 3.05) is 13.7 Å². The van der Waals surface area contributed by atoms with Gasteiger partial charge >= 0.3 is 5.97 Å². The first kappa shape index (κ1) is 12.1. The Bertz CT molecular complexity index is 518. The van der Waals surface area contributed by atoms with Crippen LogP contribution in [0.2, 0.25) is 0 Å². The third-order valence-electron chi connectivity index (χ3n) is 2.26. The van der Waals surface area contributed by atoms with Gasteiger partial charge in [0.05, 0.1) is 25.3 Å². The first-order valence-corrected chi connectivity index (χ1v) is 6.21. The van der Waals surface area contributed by atoms with Crippen LogP contribution in [-0.4, -0.2) is 29.1 Å². The molecule has 0 fully saturated rings. The molecule has 0 saturated carbocycles. The van der Waals surface area contributed by atoms with Crippen molar-refractivity contribution in [2.45, 2.75) is 20.0 Å². The minimum absolute atomic E-state index is 0.214. The summed E-state index contributed by atoms with van der Waals surface area (Å²) < 4.78 is 11.9. The van der Waals surface area contributed by atoms with Gasteiger partial charge in [0, 0.05) is 24.4 Å². The standard InChI is InChI=1S/C11H14N2O3S/c1-3-16-10(14)4-9-7-17-11-12-8(6-15-2)5-13(9)11/h5,7H,3-4,6H2,1-2H3. The maximum Gasteiger partial charge on any atom is 0.311 e. The molecule has 5 nitrogen and oxygen atoms in total. The number of hydrogen-bond acceptors (Lipinski definition) is 5. The fraction of sp³-hybridized carbons (Fsp3) is 0.455. The van der Waals surface area contributed by atoms with Gasteiger partial charge in [0.15, 0.2) is 4.96 Å². The molecule has 2 aromatic heterocycles. The highest BCUT2D eigenvalue weighted by Gasteiger charge is 2.11. The van der Waals surface area contributed by atoms with E-state index in [1.807, 2.05) is 16.0 Å². The molecule has 0 aromatic carbocycles. The fourth-order valence-electron chi connectivity index (χ4n) is 1.58. The van der Waals surface area contributed by atoms with Crippen molar-refractivity contribution in [1.82, 2.24) is 9.38 Å². The fourth-order valence-corrected chi connectivity index (χ4v) is 2.47. The molecule has 0 aliphatic carbocycles. The molecule has 0 N–H and O–H groups in total. The average molecular weight is 254 g/mol. The number of thiazole rings is 1. The van der Waals surface area contributed by atoms with Crippen LogP contribution in [-0.2, 0) is 27.3 Å². The highest BCUT2D eigenvalue weighted by atomic mass is 32.1. The lowest BCUT2D eigenvalue weighted by molar-refractivity contribution is -0.142. The Morgan fingerprint density at radius 1 is 1.59 bits per heavy atom. The summed E-state index contributed by atoms with van der Waals surface area (Å²) in [6.45, 7) is 2.69. The first-order chi connectivity index (χ1) is 8.24. The second-order valence-corrected chi connectivity index (χ2v) is 4.36. The van der Waals surface area contributed by atoms with Crippen molar-refractivity contribution >= 4 is 22.3 Å². The van der Waals surface area contributed by atoms with Gasteiger partial charge in [0.25, 0.3) is 0 Å². The molecule has 0 spiro atoms. The predicted octanol–water partition coefficient (Wildman–Crippen LogP) is 1.65. The zero-order chi connectivity index (χ0) is 12.3. The normalized spacial score (nSPS) is 10.9. The summed E-state index contributed by atoms with van der Waals surface area (Å²) in [7, 11) is 1.63. The second kappa shape index (κ2) is 5.29. The number of fused-ring (bicyclic) bond motifs is 1. The minimum atomic E-state index is -0.214. The summed E-state index contributed by atoms with van der Waals surface area (Å²) in [5.41, 5.74) is 1.77. The molecule has 0 amide bonds. The lowest BCUT2D eigenvalue weighted by Gasteiger charge is -2.00. The molecule has 2 aromatic rings. The highest BCUT2D eigenvalue weighted by Crippen LogP contribution is 2.17. The maximum absolute atomic E-state index is 11.4. The van der Waals surface area contributed by atoms with Gasteiger partial charge in [-0.2, -0.15) is 0 Å². The number of carbonyl (C=O) groups is 1. The van der Waals surface area contributed by atoms with Crippen LogP contribution in [0.1, 0.15) is 18.3 Å². The Kier molecular flexibility index (Phi) is 3.75. The number of methoxy groups -OCH3 is 1. The summed E-state index contributed by atoms with van der Waals surface area (Å²) in [6.07, 6.45) is 2.17. The predicted molar refractivity (Wildman–Crippen MR) is 64.1 cm³/mol. The molecule has 6 heteroatoms. The van der Waals surface area contributed by atoms with Crippen LogP contribution in [0.5, 0.6) is 0 Å². The summed E-state index contributed by atoms with van der Waals surface area (Å²) in [5.74, 6) is -0.214. The van der Waals surface area contributed by atoms with Crippen LogP contribution in [0.25, 0.3) is 4.96 Å². The van der Waals surface area contributed by atoms with E-state index in [1.54, 1.807) is 14.0 Å². The van der Waals surface area contributed by atoms with Crippen molar-refractivity contribution in [1.29, 1.82) is 0 Å². The molecule has 0 radical (unpaired) electrons. The number of aromatic nitrogens is 2. The Hall–Kier alpha value is -1.40. The van der Waals surface area contributed by atoms with E-state index in [2.05, 4.69) is 4.98 Å². The van der Waals surface area contributed by atoms with Crippen molar-refractivity contribution in [2.24, 2.45) is 0 Å². The Balaban J connectivity index is 2.19. The molecule has 0 unspecified atom stereocenters. The Labute approximate surface area is 103 Å². The largest absolute Gasteiger partial charge is 0.466 e. The molecule has 2 heterocycles. The minimum Gasteiger partial charge on any atom is -0.466 e. The zero-order valence-electron chi connectivity index (χ0n) is 9.80. The second-order valence-electron chi connectivity index (χ2n) is 3.53. The summed E-state index contributed by atoms with van der Waals surface area (Å²) in [6, 6.07) is 0. The molecule has 0 atom stereocenters. The van der Waals surface area contributed by atoms with Gasteiger partial charge in [-0.1, -0.05) is 0 Å². The van der Waals surface area contributed by atoms with E-state index < -0.39 is 0 Å². The molecule has 17 heavy (non-hydrogen) atoms. The summed E-state index contributed by atoms with van der Waals surface area (Å²) >= 11 is 1.51. The molecule has 2 rings (SSSR count). The summed E-state index contributed by atoms with van der Waals surface area (Å²) in [4.78, 5) is 16.7. The zero-order valence-corrected chi connectivity index (χ0v) is 10.6. The quantitative estimate of drug-likeness (QED) is 0.761. The number of rotatable bonds is 5. The van der Waals surface area contributed by atoms with E-state index in [1.165, 1.54) is 11.3 Å². The average Bonchev–Trinajstić information content (AvgIpc) is 2.81. The van der Waals surface area contributed by atoms with E-state index in [0.29, 0.717) is 13.2 Å². The van der Waals surface area contributed by atoms with Gasteiger partial charge in [-0.25, -0.2) is 4.98 Å². The van der Waals surface area contributed by atoms with Gasteiger partial charge in [-0.15, -0.1) is 11.3 Å². The van der Waals surface area contributed by atoms with Crippen molar-refractivity contribution in [3.63, 3.8) is 0 Å². The van der Waals surface area contributed by atoms with Gasteiger partial charge < -0.3 is 9.47 Å². The van der Waals surface area contributed by atoms with E-state index in [0.717, 1.165) is 16.3 Å². The number of ether oxygens (including phenoxy) is 2. The number of carbonyl (C=O) groups excluding carboxylic acids is 1. The van der Waals surface area contributed by atoms with Gasteiger partial charge in [0.2, 0.25) is 0 Å². The van der Waals surface area contributed by atoms with Crippen molar-refractivity contribution in [3.8, 4) is 0 Å². The lowest BCUT2D eigenvalue weighted by Crippen LogP contribution is -2.08. The highest BCUT2D eigenvalue weighted by molar-refractivity contribution is 7.15. The number of esters is 1. The van der Waals surface area contributed by atoms with Gasteiger partial charge in [0.1, 0.15) is 0 Å². The van der Waals surface area contributed by atoms with E-state index >= 15 is 0 Å². The van der Waals surface area contributed by atoms with Crippen molar-refractivity contribution < 1.29 is 14.3 Å². The van der Waals surface area contributed by atoms with Crippen LogP contribution in [0.4, 0.5) is 0 Å². The molecule has 0 aliphatic heterocycles.